The van der Waals surface area contributed by atoms with Crippen LogP contribution in [-0.2, 0) is 20.7 Å². The number of rotatable bonds is 4. The van der Waals surface area contributed by atoms with Crippen LogP contribution in [0, 0.1) is 0 Å². The molecule has 2 heterocycles. The maximum atomic E-state index is 11.6. The zero-order chi connectivity index (χ0) is 18.1. The molecule has 1 aromatic heterocycles. The van der Waals surface area contributed by atoms with Crippen molar-refractivity contribution in [2.45, 2.75) is 37.1 Å². The van der Waals surface area contributed by atoms with E-state index in [4.69, 9.17) is 9.47 Å². The lowest BCUT2D eigenvalue weighted by molar-refractivity contribution is -0.250. The van der Waals surface area contributed by atoms with Gasteiger partial charge in [-0.15, -0.1) is 0 Å². The van der Waals surface area contributed by atoms with Gasteiger partial charge in [-0.05, 0) is 11.6 Å². The molecule has 0 unspecified atom stereocenters. The summed E-state index contributed by atoms with van der Waals surface area (Å²) in [4.78, 5) is 11.6. The summed E-state index contributed by atoms with van der Waals surface area (Å²) in [5, 5.41) is 40.4. The molecular formula is C17H21NO7. The van der Waals surface area contributed by atoms with Crippen LogP contribution in [0.1, 0.15) is 11.8 Å². The number of esters is 1. The second-order valence-electron chi connectivity index (χ2n) is 6.05. The van der Waals surface area contributed by atoms with Crippen LogP contribution < -0.4 is 0 Å². The summed E-state index contributed by atoms with van der Waals surface area (Å²) in [6.07, 6.45) is -4.63. The number of benzene rings is 1. The van der Waals surface area contributed by atoms with E-state index in [2.05, 4.69) is 0 Å². The van der Waals surface area contributed by atoms with Crippen LogP contribution >= 0.6 is 0 Å². The quantitative estimate of drug-likeness (QED) is 0.539. The Balaban J connectivity index is 2.04. The molecule has 0 radical (unpaired) electrons. The highest BCUT2D eigenvalue weighted by atomic mass is 16.6. The van der Waals surface area contributed by atoms with Gasteiger partial charge in [0.25, 0.3) is 0 Å². The predicted molar refractivity (Wildman–Crippen MR) is 86.7 cm³/mol. The van der Waals surface area contributed by atoms with Crippen molar-refractivity contribution >= 4 is 16.9 Å². The average Bonchev–Trinajstić information content (AvgIpc) is 2.98. The third-order valence-electron chi connectivity index (χ3n) is 4.53. The number of aliphatic hydroxyl groups excluding tert-OH is 4. The number of nitrogens with zero attached hydrogens (tertiary/aromatic N) is 1. The summed E-state index contributed by atoms with van der Waals surface area (Å²) in [5.74, 6) is -0.406. The third kappa shape index (κ3) is 3.14. The Morgan fingerprint density at radius 2 is 1.92 bits per heavy atom. The summed E-state index contributed by atoms with van der Waals surface area (Å²) >= 11 is 0. The number of ether oxygens (including phenoxy) is 2. The van der Waals surface area contributed by atoms with E-state index >= 15 is 0 Å². The van der Waals surface area contributed by atoms with Crippen LogP contribution in [-0.4, -0.2) is 69.1 Å². The number of hydrogen-bond acceptors (Lipinski definition) is 7. The number of hydrogen-bond donors (Lipinski definition) is 4. The Labute approximate surface area is 143 Å². The lowest BCUT2D eigenvalue weighted by Gasteiger charge is -2.40. The van der Waals surface area contributed by atoms with Gasteiger partial charge in [0, 0.05) is 11.6 Å². The van der Waals surface area contributed by atoms with Crippen LogP contribution in [0.5, 0.6) is 0 Å². The van der Waals surface area contributed by atoms with Crippen LogP contribution in [0.15, 0.2) is 30.5 Å². The molecule has 4 N–H and O–H groups in total. The standard InChI is InChI=1S/C17H21NO7/c1-24-13(20)6-9-7-18(11-5-3-2-4-10(9)11)17-16(23)15(22)14(21)12(8-19)25-17/h2-5,7,12,14-17,19,21-23H,6,8H2,1H3/t12-,14-,15-,16+,17-/m1/s1. The number of aromatic nitrogens is 1. The van der Waals surface area contributed by atoms with Gasteiger partial charge in [0.2, 0.25) is 0 Å². The van der Waals surface area contributed by atoms with Gasteiger partial charge in [0.1, 0.15) is 24.4 Å². The molecule has 1 aliphatic heterocycles. The number of aliphatic hydroxyl groups is 4. The zero-order valence-corrected chi connectivity index (χ0v) is 13.6. The zero-order valence-electron chi connectivity index (χ0n) is 13.6. The van der Waals surface area contributed by atoms with Crippen LogP contribution in [0.4, 0.5) is 0 Å². The van der Waals surface area contributed by atoms with Crippen LogP contribution in [0.3, 0.4) is 0 Å². The highest BCUT2D eigenvalue weighted by Gasteiger charge is 2.44. The van der Waals surface area contributed by atoms with Crippen molar-refractivity contribution in [3.05, 3.63) is 36.0 Å². The Kier molecular flexibility index (Phi) is 5.07. The molecule has 2 aromatic rings. The predicted octanol–water partition coefficient (Wildman–Crippen LogP) is -0.671. The van der Waals surface area contributed by atoms with E-state index < -0.39 is 43.2 Å². The summed E-state index contributed by atoms with van der Waals surface area (Å²) in [6, 6.07) is 7.23. The molecule has 25 heavy (non-hydrogen) atoms. The number of carbonyl (C=O) groups excluding carboxylic acids is 1. The smallest absolute Gasteiger partial charge is 0.310 e. The minimum Gasteiger partial charge on any atom is -0.469 e. The fourth-order valence-corrected chi connectivity index (χ4v) is 3.17. The molecule has 136 valence electrons. The van der Waals surface area contributed by atoms with E-state index in [-0.39, 0.29) is 6.42 Å². The first-order valence-corrected chi connectivity index (χ1v) is 7.93. The molecule has 5 atom stereocenters. The monoisotopic (exact) mass is 351 g/mol. The molecule has 3 rings (SSSR count). The maximum absolute atomic E-state index is 11.6. The van der Waals surface area contributed by atoms with Crippen molar-refractivity contribution < 1.29 is 34.7 Å². The number of fused-ring (bicyclic) bond motifs is 1. The van der Waals surface area contributed by atoms with E-state index in [9.17, 15) is 25.2 Å². The second-order valence-corrected chi connectivity index (χ2v) is 6.05. The molecule has 8 nitrogen and oxygen atoms in total. The first-order chi connectivity index (χ1) is 12.0. The van der Waals surface area contributed by atoms with Gasteiger partial charge in [-0.3, -0.25) is 4.79 Å². The maximum Gasteiger partial charge on any atom is 0.310 e. The fraction of sp³-hybridized carbons (Fsp3) is 0.471. The SMILES string of the molecule is COC(=O)Cc1cn([C@@H]2O[C@H](CO)[C@@H](O)[C@@H](O)[C@@H]2O)c2ccccc12. The minimum absolute atomic E-state index is 0.0431. The van der Waals surface area contributed by atoms with Crippen molar-refractivity contribution in [3.8, 4) is 0 Å². The van der Waals surface area contributed by atoms with E-state index in [0.717, 1.165) is 5.39 Å². The van der Waals surface area contributed by atoms with Gasteiger partial charge in [-0.2, -0.15) is 0 Å². The molecule has 0 bridgehead atoms. The molecule has 0 aliphatic carbocycles. The Bertz CT molecular complexity index is 757. The Hall–Kier alpha value is -1.97. The van der Waals surface area contributed by atoms with Gasteiger partial charge in [0.05, 0.1) is 25.7 Å². The third-order valence-corrected chi connectivity index (χ3v) is 4.53. The molecule has 0 spiro atoms. The van der Waals surface area contributed by atoms with Crippen molar-refractivity contribution in [2.24, 2.45) is 0 Å². The van der Waals surface area contributed by atoms with Gasteiger partial charge >= 0.3 is 5.97 Å². The fourth-order valence-electron chi connectivity index (χ4n) is 3.17. The molecule has 1 aliphatic rings. The van der Waals surface area contributed by atoms with E-state index in [0.29, 0.717) is 11.1 Å². The topological polar surface area (TPSA) is 121 Å². The number of methoxy groups -OCH3 is 1. The molecule has 0 saturated carbocycles. The highest BCUT2D eigenvalue weighted by Crippen LogP contribution is 2.33. The van der Waals surface area contributed by atoms with Crippen LogP contribution in [0.25, 0.3) is 10.9 Å². The first-order valence-electron chi connectivity index (χ1n) is 7.93. The van der Waals surface area contributed by atoms with Crippen molar-refractivity contribution in [1.29, 1.82) is 0 Å². The molecule has 1 saturated heterocycles. The van der Waals surface area contributed by atoms with Crippen molar-refractivity contribution in [3.63, 3.8) is 0 Å². The van der Waals surface area contributed by atoms with Gasteiger partial charge in [-0.25, -0.2) is 0 Å². The molecule has 8 heteroatoms. The molecule has 1 aromatic carbocycles. The second kappa shape index (κ2) is 7.11. The summed E-state index contributed by atoms with van der Waals surface area (Å²) in [6.45, 7) is -0.504. The molecule has 0 amide bonds. The normalized spacial score (nSPS) is 29.7. The lowest BCUT2D eigenvalue weighted by Crippen LogP contribution is -2.56. The Morgan fingerprint density at radius 3 is 2.60 bits per heavy atom. The number of para-hydroxylation sites is 1. The molecular weight excluding hydrogens is 330 g/mol. The Morgan fingerprint density at radius 1 is 1.20 bits per heavy atom. The van der Waals surface area contributed by atoms with Crippen molar-refractivity contribution in [2.75, 3.05) is 13.7 Å². The van der Waals surface area contributed by atoms with E-state index in [1.807, 2.05) is 12.1 Å². The van der Waals surface area contributed by atoms with Gasteiger partial charge in [-0.1, -0.05) is 18.2 Å². The van der Waals surface area contributed by atoms with Crippen LogP contribution in [0.2, 0.25) is 0 Å². The van der Waals surface area contributed by atoms with E-state index in [1.165, 1.54) is 7.11 Å². The summed E-state index contributed by atoms with van der Waals surface area (Å²) < 4.78 is 11.9. The lowest BCUT2D eigenvalue weighted by atomic mass is 9.98. The first kappa shape index (κ1) is 17.8. The van der Waals surface area contributed by atoms with Crippen molar-refractivity contribution in [1.82, 2.24) is 4.57 Å². The summed E-state index contributed by atoms with van der Waals surface area (Å²) in [5.41, 5.74) is 1.37. The number of carbonyl (C=O) groups is 1. The van der Waals surface area contributed by atoms with Gasteiger partial charge in [0.15, 0.2) is 6.23 Å². The minimum atomic E-state index is -1.47. The van der Waals surface area contributed by atoms with E-state index in [1.54, 1.807) is 22.9 Å². The van der Waals surface area contributed by atoms with Gasteiger partial charge < -0.3 is 34.5 Å². The highest BCUT2D eigenvalue weighted by molar-refractivity contribution is 5.88. The summed E-state index contributed by atoms with van der Waals surface area (Å²) in [7, 11) is 1.30. The largest absolute Gasteiger partial charge is 0.469 e. The molecule has 1 fully saturated rings. The average molecular weight is 351 g/mol.